The van der Waals surface area contributed by atoms with Crippen molar-refractivity contribution in [2.75, 3.05) is 20.8 Å². The minimum Gasteiger partial charge on any atom is -0.493 e. The molecule has 0 spiro atoms. The molecule has 4 rings (SSSR count). The molecule has 1 N–H and O–H groups in total. The van der Waals surface area contributed by atoms with Gasteiger partial charge in [-0.05, 0) is 60.9 Å². The number of allylic oxidation sites excluding steroid dienone is 1. The molecule has 204 valence electrons. The van der Waals surface area contributed by atoms with Gasteiger partial charge in [0.05, 0.1) is 20.6 Å². The van der Waals surface area contributed by atoms with Crippen LogP contribution in [0.3, 0.4) is 0 Å². The minimum absolute atomic E-state index is 0.122. The van der Waals surface area contributed by atoms with Crippen molar-refractivity contribution in [3.63, 3.8) is 0 Å². The SMILES string of the molecule is COc1ccc(CC(=O)N(Cc2ccccc2)[C@H](C(=O)NCCC2=CCCCC2)c2ccccc2)cc1OC. The average Bonchev–Trinajstić information content (AvgIpc) is 2.98. The fourth-order valence-corrected chi connectivity index (χ4v) is 5.05. The van der Waals surface area contributed by atoms with Crippen molar-refractivity contribution in [2.45, 2.75) is 51.1 Å². The van der Waals surface area contributed by atoms with E-state index in [0.29, 0.717) is 24.6 Å². The van der Waals surface area contributed by atoms with Crippen LogP contribution in [-0.4, -0.2) is 37.5 Å². The summed E-state index contributed by atoms with van der Waals surface area (Å²) < 4.78 is 10.8. The quantitative estimate of drug-likeness (QED) is 0.293. The topological polar surface area (TPSA) is 67.9 Å². The first-order valence-corrected chi connectivity index (χ1v) is 13.6. The largest absolute Gasteiger partial charge is 0.493 e. The van der Waals surface area contributed by atoms with Crippen molar-refractivity contribution in [3.8, 4) is 11.5 Å². The van der Waals surface area contributed by atoms with Gasteiger partial charge >= 0.3 is 0 Å². The molecule has 0 aliphatic heterocycles. The van der Waals surface area contributed by atoms with Gasteiger partial charge in [0, 0.05) is 13.1 Å². The van der Waals surface area contributed by atoms with Crippen LogP contribution in [0.15, 0.2) is 90.5 Å². The lowest BCUT2D eigenvalue weighted by atomic mass is 9.97. The average molecular weight is 527 g/mol. The molecule has 1 aliphatic rings. The van der Waals surface area contributed by atoms with Gasteiger partial charge in [0.1, 0.15) is 6.04 Å². The van der Waals surface area contributed by atoms with E-state index in [0.717, 1.165) is 36.0 Å². The van der Waals surface area contributed by atoms with E-state index in [1.807, 2.05) is 72.8 Å². The van der Waals surface area contributed by atoms with Crippen LogP contribution < -0.4 is 14.8 Å². The molecule has 6 heteroatoms. The molecule has 3 aromatic carbocycles. The molecule has 0 unspecified atom stereocenters. The van der Waals surface area contributed by atoms with E-state index < -0.39 is 6.04 Å². The molecule has 0 bridgehead atoms. The Morgan fingerprint density at radius 3 is 2.26 bits per heavy atom. The van der Waals surface area contributed by atoms with Gasteiger partial charge in [0.15, 0.2) is 11.5 Å². The summed E-state index contributed by atoms with van der Waals surface area (Å²) in [7, 11) is 3.16. The van der Waals surface area contributed by atoms with Crippen LogP contribution in [0.25, 0.3) is 0 Å². The molecule has 1 atom stereocenters. The number of carbonyl (C=O) groups is 2. The molecule has 0 saturated carbocycles. The van der Waals surface area contributed by atoms with Crippen LogP contribution in [-0.2, 0) is 22.6 Å². The van der Waals surface area contributed by atoms with E-state index in [-0.39, 0.29) is 18.2 Å². The Balaban J connectivity index is 1.61. The monoisotopic (exact) mass is 526 g/mol. The van der Waals surface area contributed by atoms with E-state index >= 15 is 0 Å². The van der Waals surface area contributed by atoms with Gasteiger partial charge in [0.25, 0.3) is 0 Å². The third-order valence-corrected chi connectivity index (χ3v) is 7.13. The smallest absolute Gasteiger partial charge is 0.247 e. The molecule has 3 aromatic rings. The molecule has 2 amide bonds. The lowest BCUT2D eigenvalue weighted by Gasteiger charge is -2.32. The predicted molar refractivity (Wildman–Crippen MR) is 154 cm³/mol. The maximum Gasteiger partial charge on any atom is 0.247 e. The van der Waals surface area contributed by atoms with E-state index in [4.69, 9.17) is 9.47 Å². The van der Waals surface area contributed by atoms with E-state index in [2.05, 4.69) is 11.4 Å². The number of hydrogen-bond donors (Lipinski definition) is 1. The van der Waals surface area contributed by atoms with E-state index in [9.17, 15) is 9.59 Å². The Morgan fingerprint density at radius 1 is 0.872 bits per heavy atom. The van der Waals surface area contributed by atoms with Gasteiger partial charge in [-0.25, -0.2) is 0 Å². The number of nitrogens with zero attached hydrogens (tertiary/aromatic N) is 1. The standard InChI is InChI=1S/C33H38N2O4/c1-38-29-19-18-27(22-30(29)39-2)23-31(36)35(24-26-14-8-4-9-15-26)32(28-16-10-5-11-17-28)33(37)34-21-20-25-12-6-3-7-13-25/h4-5,8-12,14-19,22,32H,3,6-7,13,20-21,23-24H2,1-2H3,(H,34,37)/t32-/m0/s1. The Labute approximate surface area is 231 Å². The van der Waals surface area contributed by atoms with Gasteiger partial charge < -0.3 is 19.7 Å². The summed E-state index contributed by atoms with van der Waals surface area (Å²) in [6, 6.07) is 24.0. The second-order valence-corrected chi connectivity index (χ2v) is 9.84. The molecule has 6 nitrogen and oxygen atoms in total. The molecule has 1 aliphatic carbocycles. The van der Waals surface area contributed by atoms with Crippen LogP contribution in [0.5, 0.6) is 11.5 Å². The molecule has 39 heavy (non-hydrogen) atoms. The fourth-order valence-electron chi connectivity index (χ4n) is 5.05. The molecule has 0 fully saturated rings. The lowest BCUT2D eigenvalue weighted by Crippen LogP contribution is -2.44. The lowest BCUT2D eigenvalue weighted by molar-refractivity contribution is -0.141. The Hall–Kier alpha value is -4.06. The zero-order valence-corrected chi connectivity index (χ0v) is 22.9. The highest BCUT2D eigenvalue weighted by molar-refractivity contribution is 5.89. The zero-order chi connectivity index (χ0) is 27.5. The van der Waals surface area contributed by atoms with Crippen molar-refractivity contribution in [3.05, 3.63) is 107 Å². The second-order valence-electron chi connectivity index (χ2n) is 9.84. The number of ether oxygens (including phenoxy) is 2. The second kappa shape index (κ2) is 14.2. The van der Waals surface area contributed by atoms with Crippen LogP contribution in [0.4, 0.5) is 0 Å². The summed E-state index contributed by atoms with van der Waals surface area (Å²) in [4.78, 5) is 29.5. The summed E-state index contributed by atoms with van der Waals surface area (Å²) >= 11 is 0. The minimum atomic E-state index is -0.764. The Kier molecular flexibility index (Phi) is 10.2. The van der Waals surface area contributed by atoms with E-state index in [1.165, 1.54) is 18.4 Å². The first kappa shape index (κ1) is 28.0. The van der Waals surface area contributed by atoms with Gasteiger partial charge in [-0.2, -0.15) is 0 Å². The molecular weight excluding hydrogens is 488 g/mol. The number of hydrogen-bond acceptors (Lipinski definition) is 4. The fraction of sp³-hybridized carbons (Fsp3) is 0.333. The summed E-state index contributed by atoms with van der Waals surface area (Å²) in [6.07, 6.45) is 7.93. The first-order chi connectivity index (χ1) is 19.1. The number of carbonyl (C=O) groups excluding carboxylic acids is 2. The van der Waals surface area contributed by atoms with Crippen molar-refractivity contribution in [1.82, 2.24) is 10.2 Å². The molecule has 0 heterocycles. The highest BCUT2D eigenvalue weighted by Gasteiger charge is 2.31. The summed E-state index contributed by atoms with van der Waals surface area (Å²) in [6.45, 7) is 0.863. The highest BCUT2D eigenvalue weighted by atomic mass is 16.5. The number of nitrogens with one attached hydrogen (secondary N) is 1. The maximum absolute atomic E-state index is 14.0. The van der Waals surface area contributed by atoms with Crippen LogP contribution >= 0.6 is 0 Å². The number of amides is 2. The Morgan fingerprint density at radius 2 is 1.59 bits per heavy atom. The van der Waals surface area contributed by atoms with Gasteiger partial charge in [-0.1, -0.05) is 78.4 Å². The predicted octanol–water partition coefficient (Wildman–Crippen LogP) is 6.02. The summed E-state index contributed by atoms with van der Waals surface area (Å²) in [5, 5.41) is 3.14. The van der Waals surface area contributed by atoms with Crippen molar-refractivity contribution in [1.29, 1.82) is 0 Å². The van der Waals surface area contributed by atoms with Crippen LogP contribution in [0.2, 0.25) is 0 Å². The third kappa shape index (κ3) is 7.73. The summed E-state index contributed by atoms with van der Waals surface area (Å²) in [5.41, 5.74) is 3.93. The maximum atomic E-state index is 14.0. The molecular formula is C33H38N2O4. The normalized spacial score (nSPS) is 13.6. The first-order valence-electron chi connectivity index (χ1n) is 13.6. The molecule has 0 aromatic heterocycles. The summed E-state index contributed by atoms with van der Waals surface area (Å²) in [5.74, 6) is 0.843. The number of benzene rings is 3. The van der Waals surface area contributed by atoms with Crippen LogP contribution in [0, 0.1) is 0 Å². The molecule has 0 radical (unpaired) electrons. The number of rotatable bonds is 12. The third-order valence-electron chi connectivity index (χ3n) is 7.13. The Bertz CT molecular complexity index is 1260. The van der Waals surface area contributed by atoms with Gasteiger partial charge in [-0.15, -0.1) is 0 Å². The number of methoxy groups -OCH3 is 2. The van der Waals surface area contributed by atoms with Crippen LogP contribution in [0.1, 0.15) is 54.8 Å². The van der Waals surface area contributed by atoms with Crippen molar-refractivity contribution in [2.24, 2.45) is 0 Å². The van der Waals surface area contributed by atoms with Gasteiger partial charge in [-0.3, -0.25) is 9.59 Å². The van der Waals surface area contributed by atoms with Gasteiger partial charge in [0.2, 0.25) is 11.8 Å². The molecule has 0 saturated heterocycles. The van der Waals surface area contributed by atoms with E-state index in [1.54, 1.807) is 25.2 Å². The van der Waals surface area contributed by atoms with Crippen molar-refractivity contribution < 1.29 is 19.1 Å². The highest BCUT2D eigenvalue weighted by Crippen LogP contribution is 2.29. The zero-order valence-electron chi connectivity index (χ0n) is 22.9. The van der Waals surface area contributed by atoms with Crippen molar-refractivity contribution >= 4 is 11.8 Å².